The number of fused-ring (bicyclic) bond motifs is 3. The second kappa shape index (κ2) is 13.9. The number of carbonyl (C=O) groups excluding carboxylic acids is 1. The van der Waals surface area contributed by atoms with E-state index in [-0.39, 0.29) is 30.1 Å². The van der Waals surface area contributed by atoms with Crippen molar-refractivity contribution in [2.75, 3.05) is 64.0 Å². The minimum Gasteiger partial charge on any atom is -0.469 e. The molecule has 1 N–H and O–H groups in total. The molecule has 0 aliphatic carbocycles. The van der Waals surface area contributed by atoms with Crippen molar-refractivity contribution >= 4 is 28.2 Å². The lowest BCUT2D eigenvalue weighted by atomic mass is 9.95. The van der Waals surface area contributed by atoms with Crippen molar-refractivity contribution in [1.82, 2.24) is 14.9 Å². The number of hydrogen-bond donors (Lipinski definition) is 1. The molecule has 3 aliphatic rings. The highest BCUT2D eigenvalue weighted by Gasteiger charge is 2.49. The summed E-state index contributed by atoms with van der Waals surface area (Å²) in [5, 5.41) is 5.14. The predicted octanol–water partition coefficient (Wildman–Crippen LogP) is 5.20. The molecule has 2 atom stereocenters. The average molecular weight is 640 g/mol. The number of benzene rings is 2. The van der Waals surface area contributed by atoms with Crippen LogP contribution in [0.5, 0.6) is 11.8 Å². The molecule has 12 heteroatoms. The van der Waals surface area contributed by atoms with E-state index < -0.39 is 6.17 Å². The van der Waals surface area contributed by atoms with Crippen LogP contribution in [0, 0.1) is 5.82 Å². The molecule has 3 aromatic rings. The van der Waals surface area contributed by atoms with Crippen LogP contribution in [-0.4, -0.2) is 86.3 Å². The Morgan fingerprint density at radius 2 is 2.04 bits per heavy atom. The van der Waals surface area contributed by atoms with Gasteiger partial charge in [-0.2, -0.15) is 9.97 Å². The van der Waals surface area contributed by atoms with Gasteiger partial charge in [-0.25, -0.2) is 8.78 Å². The summed E-state index contributed by atoms with van der Waals surface area (Å²) in [7, 11) is 2.95. The van der Waals surface area contributed by atoms with E-state index in [9.17, 15) is 9.18 Å². The first-order valence-electron chi connectivity index (χ1n) is 16.2. The minimum absolute atomic E-state index is 0.0939. The zero-order chi connectivity index (χ0) is 32.3. The van der Waals surface area contributed by atoms with Gasteiger partial charge in [-0.1, -0.05) is 13.0 Å². The summed E-state index contributed by atoms with van der Waals surface area (Å²) < 4.78 is 51.6. The standard InChI is InChI=1S/C34H43F2N5O5/c1-4-25-27(36)9-8-22-15-24(46-21-43-2)16-29(31(22)25)40-14-10-26-28(19-40)38-33(39-32(26)37-12-5-7-30(42)44-3)45-20-34-11-6-13-41(34)18-23(35)17-34/h8-9,15-16,23H,4-7,10-14,17-21H2,1-3H3,(H,37,38,39)/t23-,34+/m1/s1. The summed E-state index contributed by atoms with van der Waals surface area (Å²) >= 11 is 0. The Morgan fingerprint density at radius 3 is 2.85 bits per heavy atom. The maximum Gasteiger partial charge on any atom is 0.318 e. The highest BCUT2D eigenvalue weighted by Crippen LogP contribution is 2.41. The van der Waals surface area contributed by atoms with Crippen molar-refractivity contribution in [1.29, 1.82) is 0 Å². The van der Waals surface area contributed by atoms with Gasteiger partial charge in [0, 0.05) is 62.3 Å². The summed E-state index contributed by atoms with van der Waals surface area (Å²) in [6, 6.07) is 7.38. The summed E-state index contributed by atoms with van der Waals surface area (Å²) in [5.41, 5.74) is 2.96. The first-order chi connectivity index (χ1) is 22.3. The third-order valence-electron chi connectivity index (χ3n) is 9.51. The molecule has 0 amide bonds. The maximum atomic E-state index is 15.1. The van der Waals surface area contributed by atoms with Gasteiger partial charge in [-0.05, 0) is 61.7 Å². The number of esters is 1. The number of ether oxygens (including phenoxy) is 4. The number of methoxy groups -OCH3 is 2. The number of carbonyl (C=O) groups is 1. The molecule has 46 heavy (non-hydrogen) atoms. The Morgan fingerprint density at radius 1 is 1.17 bits per heavy atom. The average Bonchev–Trinajstić information content (AvgIpc) is 3.59. The highest BCUT2D eigenvalue weighted by atomic mass is 19.1. The molecule has 0 spiro atoms. The van der Waals surface area contributed by atoms with Crippen LogP contribution in [0.4, 0.5) is 20.3 Å². The van der Waals surface area contributed by atoms with E-state index >= 15 is 4.39 Å². The molecular formula is C34H43F2N5O5. The van der Waals surface area contributed by atoms with E-state index in [1.54, 1.807) is 13.2 Å². The molecule has 4 heterocycles. The zero-order valence-electron chi connectivity index (χ0n) is 26.9. The van der Waals surface area contributed by atoms with Gasteiger partial charge in [-0.3, -0.25) is 9.69 Å². The molecule has 10 nitrogen and oxygen atoms in total. The Kier molecular flexibility index (Phi) is 9.74. The van der Waals surface area contributed by atoms with Crippen LogP contribution in [-0.2, 0) is 33.7 Å². The van der Waals surface area contributed by atoms with Gasteiger partial charge in [0.05, 0.1) is 24.9 Å². The first-order valence-corrected chi connectivity index (χ1v) is 16.2. The number of nitrogens with one attached hydrogen (secondary N) is 1. The quantitative estimate of drug-likeness (QED) is 0.153. The van der Waals surface area contributed by atoms with Crippen LogP contribution < -0.4 is 19.7 Å². The van der Waals surface area contributed by atoms with E-state index in [1.807, 2.05) is 19.1 Å². The number of anilines is 2. The monoisotopic (exact) mass is 639 g/mol. The molecule has 2 fully saturated rings. The second-order valence-corrected chi connectivity index (χ2v) is 12.4. The van der Waals surface area contributed by atoms with Gasteiger partial charge in [0.15, 0.2) is 6.79 Å². The van der Waals surface area contributed by atoms with Gasteiger partial charge >= 0.3 is 12.0 Å². The summed E-state index contributed by atoms with van der Waals surface area (Å²) in [4.78, 5) is 25.7. The summed E-state index contributed by atoms with van der Waals surface area (Å²) in [6.45, 7) is 5.29. The van der Waals surface area contributed by atoms with Crippen molar-refractivity contribution in [3.8, 4) is 11.8 Å². The fourth-order valence-electron chi connectivity index (χ4n) is 7.28. The first kappa shape index (κ1) is 32.2. The molecule has 248 valence electrons. The van der Waals surface area contributed by atoms with E-state index in [2.05, 4.69) is 15.1 Å². The largest absolute Gasteiger partial charge is 0.469 e. The van der Waals surface area contributed by atoms with Crippen LogP contribution in [0.1, 0.15) is 55.8 Å². The molecule has 0 bridgehead atoms. The third kappa shape index (κ3) is 6.55. The van der Waals surface area contributed by atoms with Gasteiger partial charge in [-0.15, -0.1) is 0 Å². The lowest BCUT2D eigenvalue weighted by Crippen LogP contribution is -2.43. The van der Waals surface area contributed by atoms with Crippen LogP contribution >= 0.6 is 0 Å². The maximum absolute atomic E-state index is 15.1. The normalized spacial score (nSPS) is 20.9. The number of nitrogens with zero attached hydrogens (tertiary/aromatic N) is 4. The number of aromatic nitrogens is 2. The molecule has 0 unspecified atom stereocenters. The Labute approximate surface area is 268 Å². The molecule has 0 radical (unpaired) electrons. The van der Waals surface area contributed by atoms with E-state index in [0.717, 1.165) is 47.1 Å². The number of halogens is 2. The fourth-order valence-corrected chi connectivity index (χ4v) is 7.28. The van der Waals surface area contributed by atoms with Crippen molar-refractivity contribution in [3.63, 3.8) is 0 Å². The number of alkyl halides is 1. The second-order valence-electron chi connectivity index (χ2n) is 12.4. The van der Waals surface area contributed by atoms with Gasteiger partial charge < -0.3 is 29.2 Å². The van der Waals surface area contributed by atoms with Crippen molar-refractivity contribution < 1.29 is 32.5 Å². The fraction of sp³-hybridized carbons (Fsp3) is 0.559. The lowest BCUT2D eigenvalue weighted by Gasteiger charge is -2.33. The molecule has 0 saturated carbocycles. The van der Waals surface area contributed by atoms with Gasteiger partial charge in [0.2, 0.25) is 0 Å². The van der Waals surface area contributed by atoms with Gasteiger partial charge in [0.25, 0.3) is 0 Å². The summed E-state index contributed by atoms with van der Waals surface area (Å²) in [6.07, 6.45) is 3.55. The highest BCUT2D eigenvalue weighted by molar-refractivity contribution is 5.98. The molecule has 6 rings (SSSR count). The predicted molar refractivity (Wildman–Crippen MR) is 171 cm³/mol. The van der Waals surface area contributed by atoms with E-state index in [1.165, 1.54) is 13.2 Å². The summed E-state index contributed by atoms with van der Waals surface area (Å²) in [5.74, 6) is 0.800. The van der Waals surface area contributed by atoms with Crippen molar-refractivity contribution in [2.24, 2.45) is 0 Å². The number of aryl methyl sites for hydroxylation is 1. The molecule has 2 saturated heterocycles. The van der Waals surface area contributed by atoms with Crippen LogP contribution in [0.3, 0.4) is 0 Å². The Hall–Kier alpha value is -3.77. The van der Waals surface area contributed by atoms with E-state index in [0.29, 0.717) is 82.0 Å². The zero-order valence-corrected chi connectivity index (χ0v) is 26.9. The van der Waals surface area contributed by atoms with Gasteiger partial charge in [0.1, 0.15) is 30.2 Å². The molecule has 2 aromatic carbocycles. The molecule has 3 aliphatic heterocycles. The number of hydrogen-bond acceptors (Lipinski definition) is 10. The smallest absolute Gasteiger partial charge is 0.318 e. The molecule has 1 aromatic heterocycles. The minimum atomic E-state index is -0.856. The van der Waals surface area contributed by atoms with Crippen LogP contribution in [0.2, 0.25) is 0 Å². The number of rotatable bonds is 13. The van der Waals surface area contributed by atoms with Crippen LogP contribution in [0.25, 0.3) is 10.8 Å². The third-order valence-corrected chi connectivity index (χ3v) is 9.51. The lowest BCUT2D eigenvalue weighted by molar-refractivity contribution is -0.140. The SMILES string of the molecule is CCc1c(F)ccc2cc(OCOC)cc(N3CCc4c(nc(OC[C@@]56CCCN5C[C@H](F)C6)nc4NCCCC(=O)OC)C3)c12. The van der Waals surface area contributed by atoms with Crippen molar-refractivity contribution in [3.05, 3.63) is 46.9 Å². The van der Waals surface area contributed by atoms with Crippen molar-refractivity contribution in [2.45, 2.75) is 70.1 Å². The topological polar surface area (TPSA) is 98.3 Å². The Bertz CT molecular complexity index is 1570. The Balaban J connectivity index is 1.32. The molecular weight excluding hydrogens is 596 g/mol. The van der Waals surface area contributed by atoms with E-state index in [4.69, 9.17) is 28.9 Å². The van der Waals surface area contributed by atoms with Crippen LogP contribution in [0.15, 0.2) is 24.3 Å².